The fourth-order valence-corrected chi connectivity index (χ4v) is 2.96. The van der Waals surface area contributed by atoms with Crippen molar-refractivity contribution in [2.45, 2.75) is 51.0 Å². The minimum atomic E-state index is -0.00729. The van der Waals surface area contributed by atoms with Gasteiger partial charge in [-0.2, -0.15) is 0 Å². The molecule has 1 amide bonds. The summed E-state index contributed by atoms with van der Waals surface area (Å²) in [7, 11) is 0. The number of benzene rings is 1. The van der Waals surface area contributed by atoms with Gasteiger partial charge in [-0.15, -0.1) is 11.6 Å². The van der Waals surface area contributed by atoms with E-state index in [-0.39, 0.29) is 11.8 Å². The molecule has 0 bridgehead atoms. The lowest BCUT2D eigenvalue weighted by Crippen LogP contribution is -2.46. The Labute approximate surface area is 127 Å². The van der Waals surface area contributed by atoms with E-state index in [9.17, 15) is 4.79 Å². The van der Waals surface area contributed by atoms with Crippen molar-refractivity contribution in [3.8, 4) is 0 Å². The molecule has 1 aromatic rings. The van der Waals surface area contributed by atoms with E-state index in [1.165, 1.54) is 6.42 Å². The SMILES string of the molecule is CCC(C(=O)N(CCCCl)C1CCC1)c1ccccc1. The van der Waals surface area contributed by atoms with Crippen LogP contribution >= 0.6 is 11.6 Å². The van der Waals surface area contributed by atoms with Gasteiger partial charge in [0.2, 0.25) is 5.91 Å². The summed E-state index contributed by atoms with van der Waals surface area (Å²) in [6.45, 7) is 2.90. The lowest BCUT2D eigenvalue weighted by atomic mass is 9.88. The summed E-state index contributed by atoms with van der Waals surface area (Å²) in [5.74, 6) is 0.902. The quantitative estimate of drug-likeness (QED) is 0.690. The second-order valence-electron chi connectivity index (χ2n) is 5.53. The van der Waals surface area contributed by atoms with Crippen LogP contribution in [0.15, 0.2) is 30.3 Å². The second kappa shape index (κ2) is 7.68. The predicted octanol–water partition coefficient (Wildman–Crippen LogP) is 4.19. The zero-order chi connectivity index (χ0) is 14.4. The average molecular weight is 294 g/mol. The number of rotatable bonds is 7. The third-order valence-electron chi connectivity index (χ3n) is 4.24. The Hall–Kier alpha value is -1.02. The van der Waals surface area contributed by atoms with Crippen LogP contribution in [-0.2, 0) is 4.79 Å². The molecule has 0 spiro atoms. The van der Waals surface area contributed by atoms with Gasteiger partial charge in [0.05, 0.1) is 5.92 Å². The van der Waals surface area contributed by atoms with Gasteiger partial charge >= 0.3 is 0 Å². The molecule has 1 fully saturated rings. The molecule has 1 aliphatic carbocycles. The molecule has 0 aliphatic heterocycles. The van der Waals surface area contributed by atoms with E-state index in [4.69, 9.17) is 11.6 Å². The van der Waals surface area contributed by atoms with Crippen molar-refractivity contribution >= 4 is 17.5 Å². The maximum absolute atomic E-state index is 12.9. The summed E-state index contributed by atoms with van der Waals surface area (Å²) >= 11 is 5.81. The predicted molar refractivity (Wildman–Crippen MR) is 84.2 cm³/mol. The highest BCUT2D eigenvalue weighted by Crippen LogP contribution is 2.30. The minimum absolute atomic E-state index is 0.00729. The average Bonchev–Trinajstić information content (AvgIpc) is 2.43. The molecule has 0 radical (unpaired) electrons. The number of amides is 1. The standard InChI is InChI=1S/C17H24ClNO/c1-2-16(14-8-4-3-5-9-14)17(20)19(13-7-12-18)15-10-6-11-15/h3-5,8-9,15-16H,2,6-7,10-13H2,1H3. The first-order valence-electron chi connectivity index (χ1n) is 7.69. The molecule has 1 aliphatic rings. The Bertz CT molecular complexity index is 416. The molecule has 1 unspecified atom stereocenters. The molecule has 3 heteroatoms. The molecule has 1 aromatic carbocycles. The van der Waals surface area contributed by atoms with Crippen molar-refractivity contribution in [3.63, 3.8) is 0 Å². The zero-order valence-electron chi connectivity index (χ0n) is 12.2. The number of carbonyl (C=O) groups excluding carboxylic acids is 1. The van der Waals surface area contributed by atoms with Crippen molar-refractivity contribution < 1.29 is 4.79 Å². The second-order valence-corrected chi connectivity index (χ2v) is 5.91. The zero-order valence-corrected chi connectivity index (χ0v) is 13.0. The monoisotopic (exact) mass is 293 g/mol. The molecule has 1 atom stereocenters. The van der Waals surface area contributed by atoms with Crippen molar-refractivity contribution in [2.75, 3.05) is 12.4 Å². The summed E-state index contributed by atoms with van der Waals surface area (Å²) in [4.78, 5) is 15.0. The lowest BCUT2D eigenvalue weighted by molar-refractivity contribution is -0.137. The van der Waals surface area contributed by atoms with E-state index in [0.717, 1.165) is 37.8 Å². The maximum atomic E-state index is 12.9. The Kier molecular flexibility index (Phi) is 5.90. The Morgan fingerprint density at radius 3 is 2.55 bits per heavy atom. The van der Waals surface area contributed by atoms with E-state index in [0.29, 0.717) is 11.9 Å². The highest BCUT2D eigenvalue weighted by molar-refractivity contribution is 6.17. The van der Waals surface area contributed by atoms with Gasteiger partial charge in [0, 0.05) is 18.5 Å². The van der Waals surface area contributed by atoms with Crippen LogP contribution in [0.3, 0.4) is 0 Å². The summed E-state index contributed by atoms with van der Waals surface area (Å²) in [6, 6.07) is 10.6. The molecule has 0 heterocycles. The summed E-state index contributed by atoms with van der Waals surface area (Å²) in [6.07, 6.45) is 5.29. The van der Waals surface area contributed by atoms with Crippen molar-refractivity contribution in [1.29, 1.82) is 0 Å². The molecule has 1 saturated carbocycles. The van der Waals surface area contributed by atoms with E-state index < -0.39 is 0 Å². The van der Waals surface area contributed by atoms with E-state index in [2.05, 4.69) is 24.0 Å². The van der Waals surface area contributed by atoms with E-state index in [1.54, 1.807) is 0 Å². The van der Waals surface area contributed by atoms with Crippen LogP contribution in [0.5, 0.6) is 0 Å². The Morgan fingerprint density at radius 2 is 2.05 bits per heavy atom. The Balaban J connectivity index is 2.11. The first-order chi connectivity index (χ1) is 9.77. The van der Waals surface area contributed by atoms with Gasteiger partial charge in [0.25, 0.3) is 0 Å². The molecule has 0 aromatic heterocycles. The maximum Gasteiger partial charge on any atom is 0.230 e. The largest absolute Gasteiger partial charge is 0.339 e. The van der Waals surface area contributed by atoms with Gasteiger partial charge in [0.1, 0.15) is 0 Å². The molecule has 2 nitrogen and oxygen atoms in total. The van der Waals surface area contributed by atoms with Gasteiger partial charge in [-0.3, -0.25) is 4.79 Å². The van der Waals surface area contributed by atoms with Crippen LogP contribution in [0, 0.1) is 0 Å². The molecule has 110 valence electrons. The first kappa shape index (κ1) is 15.4. The van der Waals surface area contributed by atoms with E-state index >= 15 is 0 Å². The smallest absolute Gasteiger partial charge is 0.230 e. The number of hydrogen-bond donors (Lipinski definition) is 0. The van der Waals surface area contributed by atoms with Crippen LogP contribution in [-0.4, -0.2) is 29.3 Å². The van der Waals surface area contributed by atoms with Crippen LogP contribution in [0.1, 0.15) is 50.5 Å². The van der Waals surface area contributed by atoms with Crippen LogP contribution in [0.4, 0.5) is 0 Å². The van der Waals surface area contributed by atoms with Gasteiger partial charge < -0.3 is 4.90 Å². The third-order valence-corrected chi connectivity index (χ3v) is 4.51. The molecule has 0 saturated heterocycles. The Morgan fingerprint density at radius 1 is 1.35 bits per heavy atom. The molecular formula is C17H24ClNO. The van der Waals surface area contributed by atoms with Crippen LogP contribution in [0.2, 0.25) is 0 Å². The van der Waals surface area contributed by atoms with Gasteiger partial charge in [-0.1, -0.05) is 37.3 Å². The van der Waals surface area contributed by atoms with Crippen LogP contribution < -0.4 is 0 Å². The number of hydrogen-bond acceptors (Lipinski definition) is 1. The fourth-order valence-electron chi connectivity index (χ4n) is 2.84. The number of nitrogens with zero attached hydrogens (tertiary/aromatic N) is 1. The van der Waals surface area contributed by atoms with Crippen molar-refractivity contribution in [2.24, 2.45) is 0 Å². The summed E-state index contributed by atoms with van der Waals surface area (Å²) in [5.41, 5.74) is 1.13. The first-order valence-corrected chi connectivity index (χ1v) is 8.22. The minimum Gasteiger partial charge on any atom is -0.339 e. The highest BCUT2D eigenvalue weighted by atomic mass is 35.5. The fraction of sp³-hybridized carbons (Fsp3) is 0.588. The molecule has 2 rings (SSSR count). The summed E-state index contributed by atoms with van der Waals surface area (Å²) in [5, 5.41) is 0. The summed E-state index contributed by atoms with van der Waals surface area (Å²) < 4.78 is 0. The van der Waals surface area contributed by atoms with Crippen molar-refractivity contribution in [1.82, 2.24) is 4.90 Å². The van der Waals surface area contributed by atoms with Gasteiger partial charge in [-0.05, 0) is 37.7 Å². The lowest BCUT2D eigenvalue weighted by Gasteiger charge is -2.39. The third kappa shape index (κ3) is 3.54. The van der Waals surface area contributed by atoms with Crippen LogP contribution in [0.25, 0.3) is 0 Å². The highest BCUT2D eigenvalue weighted by Gasteiger charge is 2.32. The number of alkyl halides is 1. The van der Waals surface area contributed by atoms with Gasteiger partial charge in [-0.25, -0.2) is 0 Å². The number of carbonyl (C=O) groups is 1. The normalized spacial score (nSPS) is 16.5. The van der Waals surface area contributed by atoms with Gasteiger partial charge in [0.15, 0.2) is 0 Å². The van der Waals surface area contributed by atoms with Crippen molar-refractivity contribution in [3.05, 3.63) is 35.9 Å². The molecule has 20 heavy (non-hydrogen) atoms. The van der Waals surface area contributed by atoms with E-state index in [1.807, 2.05) is 18.2 Å². The topological polar surface area (TPSA) is 20.3 Å². The molecular weight excluding hydrogens is 270 g/mol. The molecule has 0 N–H and O–H groups in total. The number of halogens is 1.